The Morgan fingerprint density at radius 2 is 2.00 bits per heavy atom. The minimum absolute atomic E-state index is 0.0925. The van der Waals surface area contributed by atoms with E-state index in [1.807, 2.05) is 6.92 Å². The lowest BCUT2D eigenvalue weighted by Crippen LogP contribution is -2.40. The first-order valence-electron chi connectivity index (χ1n) is 7.38. The minimum Gasteiger partial charge on any atom is -0.438 e. The second-order valence-electron chi connectivity index (χ2n) is 5.31. The van der Waals surface area contributed by atoms with E-state index in [0.29, 0.717) is 19.0 Å². The summed E-state index contributed by atoms with van der Waals surface area (Å²) in [7, 11) is -3.76. The normalized spacial score (nSPS) is 16.0. The molecule has 1 saturated heterocycles. The first-order valence-corrected chi connectivity index (χ1v) is 8.82. The summed E-state index contributed by atoms with van der Waals surface area (Å²) in [6, 6.07) is 6.11. The first-order chi connectivity index (χ1) is 11.5. The second-order valence-corrected chi connectivity index (χ2v) is 7.18. The molecule has 3 rings (SSSR count). The molecule has 0 aliphatic carbocycles. The Kier molecular flexibility index (Phi) is 4.65. The van der Waals surface area contributed by atoms with Gasteiger partial charge in [0.2, 0.25) is 5.09 Å². The zero-order chi connectivity index (χ0) is 17.2. The maximum absolute atomic E-state index is 12.5. The summed E-state index contributed by atoms with van der Waals surface area (Å²) in [4.78, 5) is 16.2. The average Bonchev–Trinajstić information content (AvgIpc) is 3.07. The zero-order valence-electron chi connectivity index (χ0n) is 13.1. The molecule has 1 amide bonds. The van der Waals surface area contributed by atoms with Crippen molar-refractivity contribution in [2.24, 2.45) is 0 Å². The predicted octanol–water partition coefficient (Wildman–Crippen LogP) is 1.26. The Morgan fingerprint density at radius 3 is 2.71 bits per heavy atom. The Labute approximate surface area is 139 Å². The quantitative estimate of drug-likeness (QED) is 0.890. The Hall–Kier alpha value is -2.23. The van der Waals surface area contributed by atoms with E-state index >= 15 is 0 Å². The molecule has 9 heteroatoms. The van der Waals surface area contributed by atoms with Crippen LogP contribution >= 0.6 is 0 Å². The number of furan rings is 1. The minimum atomic E-state index is -3.76. The van der Waals surface area contributed by atoms with Crippen LogP contribution in [-0.2, 0) is 14.8 Å². The Balaban J connectivity index is 1.76. The summed E-state index contributed by atoms with van der Waals surface area (Å²) in [5.41, 5.74) is 0.940. The number of pyridine rings is 1. The fraction of sp³-hybridized carbons (Fsp3) is 0.333. The molecule has 1 fully saturated rings. The molecule has 1 N–H and O–H groups in total. The molecule has 24 heavy (non-hydrogen) atoms. The number of anilines is 1. The van der Waals surface area contributed by atoms with E-state index in [9.17, 15) is 13.2 Å². The van der Waals surface area contributed by atoms with Crippen molar-refractivity contribution in [3.8, 4) is 0 Å². The molecule has 0 unspecified atom stereocenters. The van der Waals surface area contributed by atoms with Gasteiger partial charge in [-0.2, -0.15) is 4.31 Å². The van der Waals surface area contributed by atoms with Gasteiger partial charge < -0.3 is 14.5 Å². The van der Waals surface area contributed by atoms with Gasteiger partial charge in [0, 0.05) is 19.3 Å². The molecule has 128 valence electrons. The highest BCUT2D eigenvalue weighted by atomic mass is 32.2. The van der Waals surface area contributed by atoms with E-state index in [2.05, 4.69) is 10.3 Å². The van der Waals surface area contributed by atoms with Crippen LogP contribution in [0.25, 0.3) is 0 Å². The van der Waals surface area contributed by atoms with Crippen LogP contribution in [0, 0.1) is 6.92 Å². The summed E-state index contributed by atoms with van der Waals surface area (Å²) in [6.45, 7) is 3.07. The molecule has 1 aliphatic rings. The molecule has 1 aliphatic heterocycles. The fourth-order valence-corrected chi connectivity index (χ4v) is 3.60. The largest absolute Gasteiger partial charge is 0.438 e. The Bertz CT molecular complexity index is 840. The van der Waals surface area contributed by atoms with Crippen molar-refractivity contribution in [2.45, 2.75) is 12.0 Å². The highest BCUT2D eigenvalue weighted by molar-refractivity contribution is 7.89. The van der Waals surface area contributed by atoms with Crippen molar-refractivity contribution in [1.29, 1.82) is 0 Å². The van der Waals surface area contributed by atoms with Crippen LogP contribution < -0.4 is 5.32 Å². The highest BCUT2D eigenvalue weighted by Crippen LogP contribution is 2.20. The number of carbonyl (C=O) groups is 1. The number of sulfonamides is 1. The molecule has 0 radical (unpaired) electrons. The number of ether oxygens (including phenoxy) is 1. The molecule has 8 nitrogen and oxygen atoms in total. The molecule has 0 bridgehead atoms. The van der Waals surface area contributed by atoms with Gasteiger partial charge in [-0.05, 0) is 36.8 Å². The average molecular weight is 351 g/mol. The van der Waals surface area contributed by atoms with Gasteiger partial charge in [-0.1, -0.05) is 0 Å². The number of rotatable bonds is 4. The third-order valence-electron chi connectivity index (χ3n) is 3.53. The topological polar surface area (TPSA) is 102 Å². The van der Waals surface area contributed by atoms with E-state index in [0.717, 1.165) is 5.56 Å². The molecular weight excluding hydrogens is 334 g/mol. The molecular formula is C15H17N3O5S. The SMILES string of the molecule is Cc1ccnc(NC(=O)c2ccc(S(=O)(=O)N3CCOCC3)o2)c1. The van der Waals surface area contributed by atoms with Gasteiger partial charge in [0.1, 0.15) is 5.82 Å². The number of nitrogens with one attached hydrogen (secondary N) is 1. The number of nitrogens with zero attached hydrogens (tertiary/aromatic N) is 2. The van der Waals surface area contributed by atoms with Gasteiger partial charge >= 0.3 is 0 Å². The highest BCUT2D eigenvalue weighted by Gasteiger charge is 2.30. The first kappa shape index (κ1) is 16.6. The molecule has 3 heterocycles. The van der Waals surface area contributed by atoms with E-state index < -0.39 is 15.9 Å². The number of carbonyl (C=O) groups excluding carboxylic acids is 1. The summed E-state index contributed by atoms with van der Waals surface area (Å²) in [5.74, 6) is -0.282. The second kappa shape index (κ2) is 6.71. The number of hydrogen-bond acceptors (Lipinski definition) is 6. The predicted molar refractivity (Wildman–Crippen MR) is 85.2 cm³/mol. The lowest BCUT2D eigenvalue weighted by atomic mass is 10.3. The number of amides is 1. The van der Waals surface area contributed by atoms with E-state index in [-0.39, 0.29) is 23.9 Å². The summed E-state index contributed by atoms with van der Waals surface area (Å²) in [6.07, 6.45) is 1.57. The maximum Gasteiger partial charge on any atom is 0.292 e. The van der Waals surface area contributed by atoms with E-state index in [4.69, 9.17) is 9.15 Å². The maximum atomic E-state index is 12.5. The third kappa shape index (κ3) is 3.48. The molecule has 0 atom stereocenters. The van der Waals surface area contributed by atoms with Crippen LogP contribution in [-0.4, -0.2) is 49.9 Å². The number of hydrogen-bond donors (Lipinski definition) is 1. The molecule has 0 saturated carbocycles. The lowest BCUT2D eigenvalue weighted by molar-refractivity contribution is 0.0723. The van der Waals surface area contributed by atoms with Crippen molar-refractivity contribution in [2.75, 3.05) is 31.6 Å². The lowest BCUT2D eigenvalue weighted by Gasteiger charge is -2.24. The zero-order valence-corrected chi connectivity index (χ0v) is 13.9. The molecule has 2 aromatic heterocycles. The van der Waals surface area contributed by atoms with Gasteiger partial charge in [0.25, 0.3) is 15.9 Å². The van der Waals surface area contributed by atoms with Crippen LogP contribution in [0.15, 0.2) is 40.0 Å². The van der Waals surface area contributed by atoms with Crippen LogP contribution in [0.4, 0.5) is 5.82 Å². The molecule has 0 spiro atoms. The monoisotopic (exact) mass is 351 g/mol. The van der Waals surface area contributed by atoms with Crippen molar-refractivity contribution in [3.63, 3.8) is 0 Å². The van der Waals surface area contributed by atoms with E-state index in [1.54, 1.807) is 18.3 Å². The van der Waals surface area contributed by atoms with E-state index in [1.165, 1.54) is 16.4 Å². The van der Waals surface area contributed by atoms with Gasteiger partial charge in [0.15, 0.2) is 5.76 Å². The molecule has 2 aromatic rings. The van der Waals surface area contributed by atoms with Crippen LogP contribution in [0.5, 0.6) is 0 Å². The summed E-state index contributed by atoms with van der Waals surface area (Å²) in [5, 5.41) is 2.31. The van der Waals surface area contributed by atoms with Crippen molar-refractivity contribution in [3.05, 3.63) is 41.8 Å². The summed E-state index contributed by atoms with van der Waals surface area (Å²) < 4.78 is 36.6. The van der Waals surface area contributed by atoms with Crippen molar-refractivity contribution < 1.29 is 22.4 Å². The van der Waals surface area contributed by atoms with Gasteiger partial charge in [-0.3, -0.25) is 4.79 Å². The number of morpholine rings is 1. The number of aryl methyl sites for hydroxylation is 1. The van der Waals surface area contributed by atoms with Crippen LogP contribution in [0.3, 0.4) is 0 Å². The molecule has 0 aromatic carbocycles. The fourth-order valence-electron chi connectivity index (χ4n) is 2.28. The van der Waals surface area contributed by atoms with Crippen molar-refractivity contribution in [1.82, 2.24) is 9.29 Å². The smallest absolute Gasteiger partial charge is 0.292 e. The summed E-state index contributed by atoms with van der Waals surface area (Å²) >= 11 is 0. The van der Waals surface area contributed by atoms with Gasteiger partial charge in [-0.15, -0.1) is 0 Å². The van der Waals surface area contributed by atoms with Gasteiger partial charge in [0.05, 0.1) is 13.2 Å². The van der Waals surface area contributed by atoms with Crippen LogP contribution in [0.2, 0.25) is 0 Å². The standard InChI is InChI=1S/C15H17N3O5S/c1-11-4-5-16-13(10-11)17-15(19)12-2-3-14(23-12)24(20,21)18-6-8-22-9-7-18/h2-5,10H,6-9H2,1H3,(H,16,17,19). The number of aromatic nitrogens is 1. The van der Waals surface area contributed by atoms with Crippen LogP contribution in [0.1, 0.15) is 16.1 Å². The Morgan fingerprint density at radius 1 is 1.25 bits per heavy atom. The third-order valence-corrected chi connectivity index (χ3v) is 5.30. The van der Waals surface area contributed by atoms with Gasteiger partial charge in [-0.25, -0.2) is 13.4 Å². The van der Waals surface area contributed by atoms with Crippen molar-refractivity contribution >= 4 is 21.7 Å².